The Balaban J connectivity index is 1.58. The van der Waals surface area contributed by atoms with Crippen molar-refractivity contribution in [2.24, 2.45) is 11.8 Å². The zero-order valence-electron chi connectivity index (χ0n) is 18.0. The average molecular weight is 443 g/mol. The average Bonchev–Trinajstić information content (AvgIpc) is 2.79. The van der Waals surface area contributed by atoms with Gasteiger partial charge in [-0.2, -0.15) is 0 Å². The van der Waals surface area contributed by atoms with Crippen LogP contribution in [0, 0.1) is 11.8 Å². The summed E-state index contributed by atoms with van der Waals surface area (Å²) in [6.45, 7) is 2.10. The molecule has 2 unspecified atom stereocenters. The molecule has 2 aromatic rings. The van der Waals surface area contributed by atoms with Crippen molar-refractivity contribution in [1.29, 1.82) is 0 Å². The second kappa shape index (κ2) is 9.61. The van der Waals surface area contributed by atoms with E-state index in [9.17, 15) is 14.5 Å². The molecule has 5 rings (SSSR count). The predicted molar refractivity (Wildman–Crippen MR) is 121 cm³/mol. The van der Waals surface area contributed by atoms with Crippen LogP contribution in [0.15, 0.2) is 53.4 Å². The van der Waals surface area contributed by atoms with Gasteiger partial charge in [-0.1, -0.05) is 30.3 Å². The fourth-order valence-electron chi connectivity index (χ4n) is 5.20. The smallest absolute Gasteiger partial charge is 0.308 e. The Labute approximate surface area is 186 Å². The molecule has 166 valence electrons. The minimum atomic E-state index is -1.07. The van der Waals surface area contributed by atoms with Crippen molar-refractivity contribution in [3.63, 3.8) is 0 Å². The highest BCUT2D eigenvalue weighted by Crippen LogP contribution is 2.38. The molecule has 6 atom stereocenters. The first kappa shape index (κ1) is 22.1. The molecule has 2 bridgehead atoms. The van der Waals surface area contributed by atoms with E-state index in [0.29, 0.717) is 13.1 Å². The van der Waals surface area contributed by atoms with E-state index in [4.69, 9.17) is 4.74 Å². The minimum absolute atomic E-state index is 0.0595. The number of methoxy groups -OCH3 is 1. The number of nitrogens with one attached hydrogen (secondary N) is 1. The van der Waals surface area contributed by atoms with Crippen molar-refractivity contribution in [3.05, 3.63) is 59.7 Å². The fourth-order valence-corrected chi connectivity index (χ4v) is 5.77. The molecule has 0 radical (unpaired) electrons. The summed E-state index contributed by atoms with van der Waals surface area (Å²) in [5.41, 5.74) is 2.21. The molecule has 0 saturated carbocycles. The topological polar surface area (TPSA) is 84.9 Å². The van der Waals surface area contributed by atoms with Crippen LogP contribution in [0.1, 0.15) is 17.5 Å². The van der Waals surface area contributed by atoms with Gasteiger partial charge in [0.25, 0.3) is 0 Å². The Bertz CT molecular complexity index is 908. The largest absolute Gasteiger partial charge is 0.612 e. The maximum absolute atomic E-state index is 12.0. The van der Waals surface area contributed by atoms with Crippen molar-refractivity contribution >= 4 is 17.1 Å². The van der Waals surface area contributed by atoms with Crippen LogP contribution >= 0.6 is 0 Å². The molecule has 3 saturated heterocycles. The lowest BCUT2D eigenvalue weighted by atomic mass is 9.70. The summed E-state index contributed by atoms with van der Waals surface area (Å²) in [4.78, 5) is 15.0. The lowest BCUT2D eigenvalue weighted by molar-refractivity contribution is -0.152. The van der Waals surface area contributed by atoms with Crippen LogP contribution in [0.2, 0.25) is 0 Å². The molecule has 6 nitrogen and oxygen atoms in total. The predicted octanol–water partition coefficient (Wildman–Crippen LogP) is 2.54. The fraction of sp³-hybridized carbons (Fsp3) is 0.458. The number of fused-ring (bicyclic) bond motifs is 3. The van der Waals surface area contributed by atoms with E-state index in [1.165, 1.54) is 5.56 Å². The molecule has 3 heterocycles. The third kappa shape index (κ3) is 4.75. The van der Waals surface area contributed by atoms with E-state index in [-0.39, 0.29) is 23.9 Å². The molecule has 2 N–H and O–H groups in total. The van der Waals surface area contributed by atoms with E-state index in [1.54, 1.807) is 13.4 Å². The molecule has 2 aromatic carbocycles. The number of piperidine rings is 3. The standard InChI is InChI=1S/C24H30N2O4S/c1-30-22-9-8-18(31(2)29)13-17(22)14-25-23-19-10-11-26(15-20(19)24(27)28)21(23)12-16-6-4-3-5-7-16/h3-9,13,19-21,23,25H,10-12,14-15H2,1-2H3,(H,27,28)/t19-,20-,21-,23-,31?/m0/s1. The maximum atomic E-state index is 12.0. The summed E-state index contributed by atoms with van der Waals surface area (Å²) in [5.74, 6) is -0.224. The van der Waals surface area contributed by atoms with Crippen LogP contribution in [0.4, 0.5) is 0 Å². The molecule has 3 aliphatic rings. The Morgan fingerprint density at radius 1 is 1.29 bits per heavy atom. The molecule has 31 heavy (non-hydrogen) atoms. The van der Waals surface area contributed by atoms with Gasteiger partial charge in [-0.05, 0) is 54.2 Å². The summed E-state index contributed by atoms with van der Waals surface area (Å²) in [6.07, 6.45) is 3.44. The third-order valence-electron chi connectivity index (χ3n) is 6.76. The highest BCUT2D eigenvalue weighted by molar-refractivity contribution is 7.90. The number of nitrogens with zero attached hydrogens (tertiary/aromatic N) is 1. The SMILES string of the molecule is COc1ccc([S+](C)[O-])cc1CN[C@H]1[C@H]2CCN(C[C@@H]2C(=O)O)[C@H]1Cc1ccccc1. The van der Waals surface area contributed by atoms with E-state index in [1.807, 2.05) is 24.3 Å². The van der Waals surface area contributed by atoms with Gasteiger partial charge in [0.15, 0.2) is 4.90 Å². The van der Waals surface area contributed by atoms with Gasteiger partial charge in [0.05, 0.1) is 13.0 Å². The summed E-state index contributed by atoms with van der Waals surface area (Å²) in [7, 11) is 1.63. The Morgan fingerprint density at radius 2 is 2.06 bits per heavy atom. The quantitative estimate of drug-likeness (QED) is 0.611. The Hall–Kier alpha value is -2.06. The second-order valence-electron chi connectivity index (χ2n) is 8.48. The number of carboxylic acid groups (broad SMARTS) is 1. The van der Waals surface area contributed by atoms with Gasteiger partial charge >= 0.3 is 5.97 Å². The van der Waals surface area contributed by atoms with E-state index >= 15 is 0 Å². The lowest BCUT2D eigenvalue weighted by Gasteiger charge is -2.54. The second-order valence-corrected chi connectivity index (χ2v) is 9.86. The van der Waals surface area contributed by atoms with Crippen molar-refractivity contribution in [1.82, 2.24) is 10.2 Å². The first-order valence-electron chi connectivity index (χ1n) is 10.7. The van der Waals surface area contributed by atoms with Gasteiger partial charge in [0.2, 0.25) is 0 Å². The summed E-state index contributed by atoms with van der Waals surface area (Å²) >= 11 is -1.07. The zero-order valence-corrected chi connectivity index (χ0v) is 18.8. The first-order chi connectivity index (χ1) is 15.0. The highest BCUT2D eigenvalue weighted by Gasteiger charge is 2.49. The van der Waals surface area contributed by atoms with Crippen LogP contribution in [0.3, 0.4) is 0 Å². The maximum Gasteiger partial charge on any atom is 0.308 e. The summed E-state index contributed by atoms with van der Waals surface area (Å²) in [5, 5.41) is 13.5. The number of hydrogen-bond donors (Lipinski definition) is 2. The third-order valence-corrected chi connectivity index (χ3v) is 7.68. The van der Waals surface area contributed by atoms with Crippen molar-refractivity contribution in [2.75, 3.05) is 26.5 Å². The van der Waals surface area contributed by atoms with Gasteiger partial charge in [-0.3, -0.25) is 9.69 Å². The molecule has 0 aromatic heterocycles. The number of rotatable bonds is 8. The first-order valence-corrected chi connectivity index (χ1v) is 12.3. The van der Waals surface area contributed by atoms with E-state index in [0.717, 1.165) is 35.6 Å². The number of aliphatic carboxylic acids is 1. The van der Waals surface area contributed by atoms with Crippen molar-refractivity contribution in [2.45, 2.75) is 36.4 Å². The van der Waals surface area contributed by atoms with E-state index in [2.05, 4.69) is 34.5 Å². The number of carbonyl (C=O) groups is 1. The van der Waals surface area contributed by atoms with Crippen LogP contribution < -0.4 is 10.1 Å². The van der Waals surface area contributed by atoms with Crippen molar-refractivity contribution < 1.29 is 19.2 Å². The minimum Gasteiger partial charge on any atom is -0.612 e. The highest BCUT2D eigenvalue weighted by atomic mass is 32.2. The van der Waals surface area contributed by atoms with E-state index < -0.39 is 17.1 Å². The Kier molecular flexibility index (Phi) is 6.86. The molecule has 0 amide bonds. The number of carboxylic acids is 1. The zero-order chi connectivity index (χ0) is 22.0. The van der Waals surface area contributed by atoms with Gasteiger partial charge < -0.3 is 19.7 Å². The van der Waals surface area contributed by atoms with Gasteiger partial charge in [-0.25, -0.2) is 0 Å². The van der Waals surface area contributed by atoms with Crippen LogP contribution in [-0.2, 0) is 28.9 Å². The van der Waals surface area contributed by atoms with Gasteiger partial charge in [0.1, 0.15) is 12.0 Å². The van der Waals surface area contributed by atoms with Crippen molar-refractivity contribution in [3.8, 4) is 5.75 Å². The molecular formula is C24H30N2O4S. The molecule has 3 fully saturated rings. The lowest BCUT2D eigenvalue weighted by Crippen LogP contribution is -2.67. The number of hydrogen-bond acceptors (Lipinski definition) is 5. The van der Waals surface area contributed by atoms with Crippen LogP contribution in [0.25, 0.3) is 0 Å². The number of benzene rings is 2. The van der Waals surface area contributed by atoms with Crippen LogP contribution in [0.5, 0.6) is 5.75 Å². The van der Waals surface area contributed by atoms with Crippen LogP contribution in [-0.4, -0.2) is 59.1 Å². The van der Waals surface area contributed by atoms with Gasteiger partial charge in [-0.15, -0.1) is 0 Å². The molecular weight excluding hydrogens is 412 g/mol. The van der Waals surface area contributed by atoms with Gasteiger partial charge in [0, 0.05) is 36.8 Å². The molecule has 3 aliphatic heterocycles. The molecule has 7 heteroatoms. The molecule has 0 aliphatic carbocycles. The Morgan fingerprint density at radius 3 is 2.74 bits per heavy atom. The number of ether oxygens (including phenoxy) is 1. The summed E-state index contributed by atoms with van der Waals surface area (Å²) in [6, 6.07) is 16.3. The summed E-state index contributed by atoms with van der Waals surface area (Å²) < 4.78 is 17.5. The monoisotopic (exact) mass is 442 g/mol. The normalized spacial score (nSPS) is 28.3. The molecule has 0 spiro atoms.